The van der Waals surface area contributed by atoms with Crippen LogP contribution in [0.1, 0.15) is 16.1 Å². The van der Waals surface area contributed by atoms with Crippen molar-refractivity contribution in [3.63, 3.8) is 0 Å². The standard InChI is InChI=1S/C19H19N3O2/c1-24-18-9-5-6-15(14-18)19(23)20-12-10-16-11-13-22(21-16)17-7-3-2-4-8-17/h2-9,11,13-14H,10,12H2,1H3,(H,20,23). The number of aromatic nitrogens is 2. The Morgan fingerprint density at radius 2 is 1.96 bits per heavy atom. The summed E-state index contributed by atoms with van der Waals surface area (Å²) in [6, 6.07) is 19.0. The zero-order valence-corrected chi connectivity index (χ0v) is 13.5. The molecule has 2 aromatic carbocycles. The Bertz CT molecular complexity index is 812. The molecule has 3 aromatic rings. The van der Waals surface area contributed by atoms with Gasteiger partial charge in [-0.15, -0.1) is 0 Å². The van der Waals surface area contributed by atoms with Crippen LogP contribution >= 0.6 is 0 Å². The second-order valence-corrected chi connectivity index (χ2v) is 5.33. The van der Waals surface area contributed by atoms with Crippen LogP contribution in [-0.4, -0.2) is 29.3 Å². The monoisotopic (exact) mass is 321 g/mol. The summed E-state index contributed by atoms with van der Waals surface area (Å²) in [4.78, 5) is 12.1. The van der Waals surface area contributed by atoms with E-state index >= 15 is 0 Å². The predicted molar refractivity (Wildman–Crippen MR) is 92.6 cm³/mol. The third kappa shape index (κ3) is 3.81. The summed E-state index contributed by atoms with van der Waals surface area (Å²) in [5.41, 5.74) is 2.54. The number of nitrogens with one attached hydrogen (secondary N) is 1. The fraction of sp³-hybridized carbons (Fsp3) is 0.158. The van der Waals surface area contributed by atoms with Gasteiger partial charge in [0.1, 0.15) is 5.75 Å². The van der Waals surface area contributed by atoms with Crippen molar-refractivity contribution in [3.05, 3.63) is 78.1 Å². The van der Waals surface area contributed by atoms with Gasteiger partial charge in [0, 0.05) is 24.7 Å². The Balaban J connectivity index is 1.55. The number of rotatable bonds is 6. The number of nitrogens with zero attached hydrogens (tertiary/aromatic N) is 2. The molecule has 0 atom stereocenters. The molecule has 1 amide bonds. The Labute approximate surface area is 140 Å². The number of carbonyl (C=O) groups is 1. The minimum absolute atomic E-state index is 0.114. The molecule has 0 spiro atoms. The molecule has 0 saturated carbocycles. The van der Waals surface area contributed by atoms with Crippen LogP contribution in [0.25, 0.3) is 5.69 Å². The third-order valence-corrected chi connectivity index (χ3v) is 3.66. The lowest BCUT2D eigenvalue weighted by Gasteiger charge is -2.06. The molecule has 24 heavy (non-hydrogen) atoms. The van der Waals surface area contributed by atoms with Crippen LogP contribution in [0.5, 0.6) is 5.75 Å². The first kappa shape index (κ1) is 15.8. The molecule has 1 heterocycles. The summed E-state index contributed by atoms with van der Waals surface area (Å²) in [6.07, 6.45) is 2.60. The fourth-order valence-electron chi connectivity index (χ4n) is 2.39. The van der Waals surface area contributed by atoms with Crippen molar-refractivity contribution in [3.8, 4) is 11.4 Å². The molecule has 0 aliphatic heterocycles. The van der Waals surface area contributed by atoms with Crippen LogP contribution in [0.3, 0.4) is 0 Å². The van der Waals surface area contributed by atoms with Crippen molar-refractivity contribution in [2.45, 2.75) is 6.42 Å². The number of hydrogen-bond donors (Lipinski definition) is 1. The van der Waals surface area contributed by atoms with Gasteiger partial charge < -0.3 is 10.1 Å². The lowest BCUT2D eigenvalue weighted by Crippen LogP contribution is -2.25. The van der Waals surface area contributed by atoms with Crippen LogP contribution in [0.4, 0.5) is 0 Å². The molecule has 5 heteroatoms. The Morgan fingerprint density at radius 3 is 2.75 bits per heavy atom. The van der Waals surface area contributed by atoms with Gasteiger partial charge in [0.2, 0.25) is 0 Å². The van der Waals surface area contributed by atoms with Gasteiger partial charge in [0.15, 0.2) is 0 Å². The average molecular weight is 321 g/mol. The Morgan fingerprint density at radius 1 is 1.12 bits per heavy atom. The van der Waals surface area contributed by atoms with Crippen molar-refractivity contribution in [1.29, 1.82) is 0 Å². The molecule has 0 aliphatic rings. The summed E-state index contributed by atoms with van der Waals surface area (Å²) in [5, 5.41) is 7.43. The molecular weight excluding hydrogens is 302 g/mol. The van der Waals surface area contributed by atoms with Crippen molar-refractivity contribution in [2.75, 3.05) is 13.7 Å². The van der Waals surface area contributed by atoms with Gasteiger partial charge in [0.25, 0.3) is 5.91 Å². The molecule has 122 valence electrons. The van der Waals surface area contributed by atoms with E-state index in [1.54, 1.807) is 25.3 Å². The number of benzene rings is 2. The zero-order chi connectivity index (χ0) is 16.8. The Hall–Kier alpha value is -3.08. The van der Waals surface area contributed by atoms with Crippen LogP contribution in [0, 0.1) is 0 Å². The lowest BCUT2D eigenvalue weighted by molar-refractivity contribution is 0.0953. The molecular formula is C19H19N3O2. The molecule has 5 nitrogen and oxygen atoms in total. The van der Waals surface area contributed by atoms with Crippen molar-refractivity contribution >= 4 is 5.91 Å². The number of carbonyl (C=O) groups excluding carboxylic acids is 1. The van der Waals surface area contributed by atoms with Gasteiger partial charge in [0.05, 0.1) is 18.5 Å². The second kappa shape index (κ2) is 7.46. The molecule has 1 N–H and O–H groups in total. The normalized spacial score (nSPS) is 10.4. The van der Waals surface area contributed by atoms with Gasteiger partial charge in [-0.05, 0) is 36.4 Å². The molecule has 1 aromatic heterocycles. The minimum atomic E-state index is -0.114. The maximum atomic E-state index is 12.1. The van der Waals surface area contributed by atoms with E-state index in [2.05, 4.69) is 10.4 Å². The molecule has 0 radical (unpaired) electrons. The fourth-order valence-corrected chi connectivity index (χ4v) is 2.39. The van der Waals surface area contributed by atoms with Gasteiger partial charge >= 0.3 is 0 Å². The first-order chi connectivity index (χ1) is 11.8. The summed E-state index contributed by atoms with van der Waals surface area (Å²) in [6.45, 7) is 0.530. The van der Waals surface area contributed by atoms with Gasteiger partial charge in [-0.3, -0.25) is 4.79 Å². The van der Waals surface area contributed by atoms with Crippen LogP contribution in [0.15, 0.2) is 66.9 Å². The molecule has 0 saturated heterocycles. The number of hydrogen-bond acceptors (Lipinski definition) is 3. The Kier molecular flexibility index (Phi) is 4.91. The number of para-hydroxylation sites is 1. The summed E-state index contributed by atoms with van der Waals surface area (Å²) in [7, 11) is 1.58. The molecule has 0 bridgehead atoms. The van der Waals surface area contributed by atoms with Gasteiger partial charge in [-0.2, -0.15) is 5.10 Å². The van der Waals surface area contributed by atoms with E-state index in [0.29, 0.717) is 24.3 Å². The maximum Gasteiger partial charge on any atom is 0.251 e. The number of ether oxygens (including phenoxy) is 1. The molecule has 0 unspecified atom stereocenters. The highest BCUT2D eigenvalue weighted by Gasteiger charge is 2.07. The summed E-state index contributed by atoms with van der Waals surface area (Å²) >= 11 is 0. The van der Waals surface area contributed by atoms with Crippen LogP contribution in [0.2, 0.25) is 0 Å². The first-order valence-electron chi connectivity index (χ1n) is 7.78. The maximum absolute atomic E-state index is 12.1. The zero-order valence-electron chi connectivity index (χ0n) is 13.5. The highest BCUT2D eigenvalue weighted by atomic mass is 16.5. The average Bonchev–Trinajstić information content (AvgIpc) is 3.11. The smallest absolute Gasteiger partial charge is 0.251 e. The minimum Gasteiger partial charge on any atom is -0.497 e. The SMILES string of the molecule is COc1cccc(C(=O)NCCc2ccn(-c3ccccc3)n2)c1. The van der Waals surface area contributed by atoms with Crippen LogP contribution < -0.4 is 10.1 Å². The van der Waals surface area contributed by atoms with Crippen LogP contribution in [-0.2, 0) is 6.42 Å². The molecule has 0 fully saturated rings. The van der Waals surface area contributed by atoms with E-state index in [0.717, 1.165) is 11.4 Å². The van der Waals surface area contributed by atoms with Crippen molar-refractivity contribution < 1.29 is 9.53 Å². The van der Waals surface area contributed by atoms with Crippen molar-refractivity contribution in [2.24, 2.45) is 0 Å². The van der Waals surface area contributed by atoms with Gasteiger partial charge in [-0.25, -0.2) is 4.68 Å². The highest BCUT2D eigenvalue weighted by Crippen LogP contribution is 2.12. The van der Waals surface area contributed by atoms with E-state index in [1.165, 1.54) is 0 Å². The van der Waals surface area contributed by atoms with E-state index in [-0.39, 0.29) is 5.91 Å². The highest BCUT2D eigenvalue weighted by molar-refractivity contribution is 5.94. The second-order valence-electron chi connectivity index (χ2n) is 5.33. The summed E-state index contributed by atoms with van der Waals surface area (Å²) in [5.74, 6) is 0.556. The first-order valence-corrected chi connectivity index (χ1v) is 7.78. The third-order valence-electron chi connectivity index (χ3n) is 3.66. The summed E-state index contributed by atoms with van der Waals surface area (Å²) < 4.78 is 6.96. The quantitative estimate of drug-likeness (QED) is 0.759. The lowest BCUT2D eigenvalue weighted by atomic mass is 10.2. The van der Waals surface area contributed by atoms with E-state index < -0.39 is 0 Å². The topological polar surface area (TPSA) is 56.1 Å². The van der Waals surface area contributed by atoms with Crippen molar-refractivity contribution in [1.82, 2.24) is 15.1 Å². The largest absolute Gasteiger partial charge is 0.497 e. The number of amides is 1. The molecule has 0 aliphatic carbocycles. The van der Waals surface area contributed by atoms with Gasteiger partial charge in [-0.1, -0.05) is 24.3 Å². The van der Waals surface area contributed by atoms with E-state index in [1.807, 2.05) is 53.3 Å². The molecule has 3 rings (SSSR count). The van der Waals surface area contributed by atoms with E-state index in [9.17, 15) is 4.79 Å². The predicted octanol–water partition coefficient (Wildman–Crippen LogP) is 2.85. The number of methoxy groups -OCH3 is 1. The van der Waals surface area contributed by atoms with E-state index in [4.69, 9.17) is 4.74 Å².